The SMILES string of the molecule is Cc1csc(CNC(=O)CCn2nc(C)cc2C)n1. The summed E-state index contributed by atoms with van der Waals surface area (Å²) < 4.78 is 1.86. The van der Waals surface area contributed by atoms with Crippen molar-refractivity contribution in [2.45, 2.75) is 40.3 Å². The van der Waals surface area contributed by atoms with Crippen LogP contribution in [0.2, 0.25) is 0 Å². The van der Waals surface area contributed by atoms with Crippen LogP contribution in [0, 0.1) is 20.8 Å². The number of carbonyl (C=O) groups excluding carboxylic acids is 1. The molecule has 1 N–H and O–H groups in total. The lowest BCUT2D eigenvalue weighted by atomic mass is 10.3. The molecule has 0 aromatic carbocycles. The first-order chi connectivity index (χ1) is 9.04. The van der Waals surface area contributed by atoms with Crippen LogP contribution in [0.15, 0.2) is 11.4 Å². The van der Waals surface area contributed by atoms with Crippen molar-refractivity contribution in [3.05, 3.63) is 33.5 Å². The van der Waals surface area contributed by atoms with Gasteiger partial charge in [0.1, 0.15) is 5.01 Å². The molecule has 0 saturated carbocycles. The van der Waals surface area contributed by atoms with E-state index in [0.29, 0.717) is 19.5 Å². The Hall–Kier alpha value is -1.69. The Morgan fingerprint density at radius 1 is 1.37 bits per heavy atom. The molecule has 0 atom stereocenters. The number of aromatic nitrogens is 3. The maximum absolute atomic E-state index is 11.7. The van der Waals surface area contributed by atoms with Gasteiger partial charge < -0.3 is 5.32 Å². The molecule has 0 radical (unpaired) electrons. The fraction of sp³-hybridized carbons (Fsp3) is 0.462. The highest BCUT2D eigenvalue weighted by molar-refractivity contribution is 7.09. The molecular formula is C13H18N4OS. The number of rotatable bonds is 5. The highest BCUT2D eigenvalue weighted by Crippen LogP contribution is 2.08. The van der Waals surface area contributed by atoms with Crippen molar-refractivity contribution in [2.75, 3.05) is 0 Å². The van der Waals surface area contributed by atoms with Crippen molar-refractivity contribution in [3.8, 4) is 0 Å². The molecule has 0 spiro atoms. The van der Waals surface area contributed by atoms with Gasteiger partial charge in [-0.1, -0.05) is 0 Å². The summed E-state index contributed by atoms with van der Waals surface area (Å²) in [5, 5.41) is 10.1. The van der Waals surface area contributed by atoms with E-state index in [2.05, 4.69) is 15.4 Å². The zero-order valence-electron chi connectivity index (χ0n) is 11.4. The molecule has 1 amide bonds. The van der Waals surface area contributed by atoms with E-state index in [1.165, 1.54) is 0 Å². The third-order valence-electron chi connectivity index (χ3n) is 2.76. The standard InChI is InChI=1S/C13H18N4OS/c1-9-6-11(3)17(16-9)5-4-12(18)14-7-13-15-10(2)8-19-13/h6,8H,4-5,7H2,1-3H3,(H,14,18). The number of nitrogens with zero attached hydrogens (tertiary/aromatic N) is 3. The van der Waals surface area contributed by atoms with E-state index >= 15 is 0 Å². The summed E-state index contributed by atoms with van der Waals surface area (Å²) in [6.45, 7) is 7.02. The number of thiazole rings is 1. The number of carbonyl (C=O) groups is 1. The molecule has 0 aliphatic heterocycles. The zero-order chi connectivity index (χ0) is 13.8. The molecule has 2 aromatic heterocycles. The molecule has 2 rings (SSSR count). The maximum atomic E-state index is 11.7. The van der Waals surface area contributed by atoms with Gasteiger partial charge in [0.2, 0.25) is 5.91 Å². The summed E-state index contributed by atoms with van der Waals surface area (Å²) in [4.78, 5) is 16.0. The third-order valence-corrected chi connectivity index (χ3v) is 3.72. The molecule has 5 nitrogen and oxygen atoms in total. The van der Waals surface area contributed by atoms with Crippen LogP contribution in [-0.4, -0.2) is 20.7 Å². The van der Waals surface area contributed by atoms with Gasteiger partial charge in [0, 0.05) is 29.7 Å². The van der Waals surface area contributed by atoms with Crippen LogP contribution in [0.25, 0.3) is 0 Å². The van der Waals surface area contributed by atoms with Crippen molar-refractivity contribution in [1.82, 2.24) is 20.1 Å². The van der Waals surface area contributed by atoms with Crippen molar-refractivity contribution in [2.24, 2.45) is 0 Å². The van der Waals surface area contributed by atoms with Crippen molar-refractivity contribution in [3.63, 3.8) is 0 Å². The number of hydrogen-bond acceptors (Lipinski definition) is 4. The van der Waals surface area contributed by atoms with E-state index in [9.17, 15) is 4.79 Å². The fourth-order valence-corrected chi connectivity index (χ4v) is 2.57. The molecule has 19 heavy (non-hydrogen) atoms. The topological polar surface area (TPSA) is 59.8 Å². The van der Waals surface area contributed by atoms with Gasteiger partial charge in [0.05, 0.1) is 12.2 Å². The van der Waals surface area contributed by atoms with Crippen LogP contribution < -0.4 is 5.32 Å². The Balaban J connectivity index is 1.77. The van der Waals surface area contributed by atoms with Crippen molar-refractivity contribution >= 4 is 17.2 Å². The lowest BCUT2D eigenvalue weighted by molar-refractivity contribution is -0.121. The average molecular weight is 278 g/mol. The Morgan fingerprint density at radius 3 is 2.74 bits per heavy atom. The van der Waals surface area contributed by atoms with Crippen LogP contribution in [-0.2, 0) is 17.9 Å². The lowest BCUT2D eigenvalue weighted by Gasteiger charge is -2.05. The molecule has 0 bridgehead atoms. The molecule has 0 unspecified atom stereocenters. The Bertz CT molecular complexity index is 573. The van der Waals surface area contributed by atoms with Gasteiger partial charge in [0.15, 0.2) is 0 Å². The van der Waals surface area contributed by atoms with E-state index in [4.69, 9.17) is 0 Å². The van der Waals surface area contributed by atoms with E-state index in [1.54, 1.807) is 11.3 Å². The third kappa shape index (κ3) is 3.89. The van der Waals surface area contributed by atoms with Crippen LogP contribution in [0.4, 0.5) is 0 Å². The van der Waals surface area contributed by atoms with Gasteiger partial charge in [-0.3, -0.25) is 9.48 Å². The summed E-state index contributed by atoms with van der Waals surface area (Å²) in [6, 6.07) is 2.01. The fourth-order valence-electron chi connectivity index (χ4n) is 1.86. The van der Waals surface area contributed by atoms with Crippen LogP contribution >= 0.6 is 11.3 Å². The maximum Gasteiger partial charge on any atom is 0.222 e. The number of hydrogen-bond donors (Lipinski definition) is 1. The van der Waals surface area contributed by atoms with Gasteiger partial charge in [-0.2, -0.15) is 5.10 Å². The molecule has 0 saturated heterocycles. The minimum Gasteiger partial charge on any atom is -0.350 e. The van der Waals surface area contributed by atoms with Crippen LogP contribution in [0.3, 0.4) is 0 Å². The summed E-state index contributed by atoms with van der Waals surface area (Å²) in [5.74, 6) is 0.0282. The summed E-state index contributed by atoms with van der Waals surface area (Å²) in [5.41, 5.74) is 3.06. The highest BCUT2D eigenvalue weighted by Gasteiger charge is 2.06. The molecule has 2 aromatic rings. The molecule has 0 aliphatic carbocycles. The van der Waals surface area contributed by atoms with Crippen LogP contribution in [0.5, 0.6) is 0 Å². The van der Waals surface area contributed by atoms with Crippen molar-refractivity contribution in [1.29, 1.82) is 0 Å². The molecular weight excluding hydrogens is 260 g/mol. The summed E-state index contributed by atoms with van der Waals surface area (Å²) >= 11 is 1.57. The summed E-state index contributed by atoms with van der Waals surface area (Å²) in [7, 11) is 0. The first kappa shape index (κ1) is 13.7. The zero-order valence-corrected chi connectivity index (χ0v) is 12.3. The number of amides is 1. The number of nitrogens with one attached hydrogen (secondary N) is 1. The number of aryl methyl sites for hydroxylation is 4. The Kier molecular flexibility index (Phi) is 4.31. The van der Waals surface area contributed by atoms with E-state index in [1.807, 2.05) is 36.9 Å². The van der Waals surface area contributed by atoms with Gasteiger partial charge in [0.25, 0.3) is 0 Å². The largest absolute Gasteiger partial charge is 0.350 e. The minimum atomic E-state index is 0.0282. The Labute approximate surface area is 116 Å². The first-order valence-corrected chi connectivity index (χ1v) is 7.11. The minimum absolute atomic E-state index is 0.0282. The smallest absolute Gasteiger partial charge is 0.222 e. The van der Waals surface area contributed by atoms with Gasteiger partial charge in [-0.15, -0.1) is 11.3 Å². The molecule has 0 aliphatic rings. The predicted molar refractivity (Wildman–Crippen MR) is 75.0 cm³/mol. The molecule has 0 fully saturated rings. The van der Waals surface area contributed by atoms with Gasteiger partial charge in [-0.25, -0.2) is 4.98 Å². The Morgan fingerprint density at radius 2 is 2.16 bits per heavy atom. The van der Waals surface area contributed by atoms with Crippen LogP contribution in [0.1, 0.15) is 28.5 Å². The monoisotopic (exact) mass is 278 g/mol. The second-order valence-corrected chi connectivity index (χ2v) is 5.50. The van der Waals surface area contributed by atoms with E-state index in [-0.39, 0.29) is 5.91 Å². The second kappa shape index (κ2) is 5.97. The predicted octanol–water partition coefficient (Wildman–Crippen LogP) is 1.97. The van der Waals surface area contributed by atoms with Gasteiger partial charge in [-0.05, 0) is 26.8 Å². The average Bonchev–Trinajstić information content (AvgIpc) is 2.90. The quantitative estimate of drug-likeness (QED) is 0.909. The lowest BCUT2D eigenvalue weighted by Crippen LogP contribution is -2.24. The normalized spacial score (nSPS) is 10.7. The second-order valence-electron chi connectivity index (χ2n) is 4.56. The summed E-state index contributed by atoms with van der Waals surface area (Å²) in [6.07, 6.45) is 0.437. The highest BCUT2D eigenvalue weighted by atomic mass is 32.1. The molecule has 102 valence electrons. The van der Waals surface area contributed by atoms with E-state index in [0.717, 1.165) is 22.1 Å². The molecule has 6 heteroatoms. The van der Waals surface area contributed by atoms with E-state index < -0.39 is 0 Å². The first-order valence-electron chi connectivity index (χ1n) is 6.23. The van der Waals surface area contributed by atoms with Gasteiger partial charge >= 0.3 is 0 Å². The molecule has 2 heterocycles. The van der Waals surface area contributed by atoms with Crippen molar-refractivity contribution < 1.29 is 4.79 Å².